The first-order valence-electron chi connectivity index (χ1n) is 11.9. The molecule has 0 atom stereocenters. The lowest BCUT2D eigenvalue weighted by Gasteiger charge is -2.44. The number of benzene rings is 2. The van der Waals surface area contributed by atoms with Gasteiger partial charge >= 0.3 is 0 Å². The van der Waals surface area contributed by atoms with Gasteiger partial charge in [0.15, 0.2) is 0 Å². The molecule has 1 spiro atoms. The van der Waals surface area contributed by atoms with Gasteiger partial charge in [0.25, 0.3) is 5.56 Å². The van der Waals surface area contributed by atoms with E-state index in [1.54, 1.807) is 25.8 Å². The van der Waals surface area contributed by atoms with Gasteiger partial charge in [0.05, 0.1) is 32.0 Å². The van der Waals surface area contributed by atoms with E-state index in [1.165, 1.54) is 0 Å². The number of aryl methyl sites for hydroxylation is 1. The van der Waals surface area contributed by atoms with Crippen molar-refractivity contribution in [2.75, 3.05) is 47.0 Å². The third-order valence-corrected chi connectivity index (χ3v) is 7.29. The van der Waals surface area contributed by atoms with Gasteiger partial charge in [-0.15, -0.1) is 0 Å². The van der Waals surface area contributed by atoms with Gasteiger partial charge in [-0.25, -0.2) is 0 Å². The third-order valence-electron chi connectivity index (χ3n) is 7.29. The molecule has 2 saturated heterocycles. The molecule has 0 bridgehead atoms. The second-order valence-electron chi connectivity index (χ2n) is 9.35. The van der Waals surface area contributed by atoms with Gasteiger partial charge < -0.3 is 24.1 Å². The Morgan fingerprint density at radius 1 is 1.06 bits per heavy atom. The number of nitrogens with zero attached hydrogens (tertiary/aromatic N) is 2. The van der Waals surface area contributed by atoms with Crippen LogP contribution in [-0.4, -0.2) is 62.1 Å². The van der Waals surface area contributed by atoms with E-state index in [0.29, 0.717) is 5.39 Å². The van der Waals surface area contributed by atoms with Crippen LogP contribution in [0.5, 0.6) is 11.5 Å². The van der Waals surface area contributed by atoms with Crippen molar-refractivity contribution in [3.8, 4) is 22.6 Å². The minimum atomic E-state index is -0.0168. The number of piperidine rings is 1. The molecule has 34 heavy (non-hydrogen) atoms. The number of hydrogen-bond acceptors (Lipinski definition) is 6. The molecular formula is C27H33N3O4. The topological polar surface area (TPSA) is 65.0 Å². The van der Waals surface area contributed by atoms with Crippen molar-refractivity contribution in [3.05, 3.63) is 58.5 Å². The van der Waals surface area contributed by atoms with Crippen molar-refractivity contribution in [3.63, 3.8) is 0 Å². The Bertz CT molecular complexity index is 1210. The fourth-order valence-corrected chi connectivity index (χ4v) is 5.31. The Kier molecular flexibility index (Phi) is 6.34. The molecule has 3 aromatic rings. The summed E-state index contributed by atoms with van der Waals surface area (Å²) < 4.78 is 19.5. The molecule has 180 valence electrons. The first-order valence-corrected chi connectivity index (χ1v) is 11.9. The molecule has 3 heterocycles. The van der Waals surface area contributed by atoms with Gasteiger partial charge in [-0.3, -0.25) is 9.69 Å². The average Bonchev–Trinajstić information content (AvgIpc) is 2.88. The Balaban J connectivity index is 1.47. The number of aromatic nitrogens is 1. The number of methoxy groups -OCH3 is 2. The first-order chi connectivity index (χ1) is 16.5. The van der Waals surface area contributed by atoms with Crippen molar-refractivity contribution in [1.82, 2.24) is 14.8 Å². The largest absolute Gasteiger partial charge is 0.496 e. The van der Waals surface area contributed by atoms with Crippen LogP contribution in [0.2, 0.25) is 0 Å². The fraction of sp³-hybridized carbons (Fsp3) is 0.444. The molecule has 0 amide bonds. The second-order valence-corrected chi connectivity index (χ2v) is 9.35. The highest BCUT2D eigenvalue weighted by atomic mass is 16.5. The molecule has 2 aliphatic rings. The lowest BCUT2D eigenvalue weighted by molar-refractivity contribution is -0.101. The number of morpholine rings is 1. The standard InChI is InChI=1S/C27H33N3O4/c1-29-16-22(20-6-4-5-7-21(20)26(29)31)19-14-24(32-2)23(25(15-19)33-3)17-30-11-8-27(9-12-30)18-28-10-13-34-27/h4-7,14-16,28H,8-13,17-18H2,1-3H3. The van der Waals surface area contributed by atoms with E-state index in [2.05, 4.69) is 22.3 Å². The van der Waals surface area contributed by atoms with Crippen LogP contribution in [0.1, 0.15) is 18.4 Å². The summed E-state index contributed by atoms with van der Waals surface area (Å²) in [6, 6.07) is 11.8. The highest BCUT2D eigenvalue weighted by Crippen LogP contribution is 2.38. The molecule has 0 unspecified atom stereocenters. The molecule has 0 saturated carbocycles. The summed E-state index contributed by atoms with van der Waals surface area (Å²) in [5.41, 5.74) is 2.96. The SMILES string of the molecule is COc1cc(-c2cn(C)c(=O)c3ccccc23)cc(OC)c1CN1CCC2(CC1)CNCCO2. The Morgan fingerprint density at radius 3 is 2.35 bits per heavy atom. The molecule has 0 radical (unpaired) electrons. The highest BCUT2D eigenvalue weighted by molar-refractivity contribution is 5.96. The van der Waals surface area contributed by atoms with E-state index in [4.69, 9.17) is 14.2 Å². The van der Waals surface area contributed by atoms with E-state index < -0.39 is 0 Å². The fourth-order valence-electron chi connectivity index (χ4n) is 5.31. The number of nitrogens with one attached hydrogen (secondary N) is 1. The Hall–Kier alpha value is -2.87. The van der Waals surface area contributed by atoms with Crippen LogP contribution in [-0.2, 0) is 18.3 Å². The molecule has 7 heteroatoms. The molecule has 2 fully saturated rings. The lowest BCUT2D eigenvalue weighted by Crippen LogP contribution is -2.55. The minimum Gasteiger partial charge on any atom is -0.496 e. The number of ether oxygens (including phenoxy) is 3. The molecule has 1 aromatic heterocycles. The van der Waals surface area contributed by atoms with Crippen LogP contribution in [0.3, 0.4) is 0 Å². The molecule has 1 N–H and O–H groups in total. The van der Waals surface area contributed by atoms with E-state index in [9.17, 15) is 4.79 Å². The molecule has 0 aliphatic carbocycles. The quantitative estimate of drug-likeness (QED) is 0.627. The van der Waals surface area contributed by atoms with E-state index in [-0.39, 0.29) is 11.2 Å². The van der Waals surface area contributed by atoms with Gasteiger partial charge in [0.1, 0.15) is 11.5 Å². The Labute approximate surface area is 200 Å². The first kappa shape index (κ1) is 22.9. The van der Waals surface area contributed by atoms with Gasteiger partial charge in [-0.05, 0) is 42.0 Å². The summed E-state index contributed by atoms with van der Waals surface area (Å²) in [7, 11) is 5.19. The lowest BCUT2D eigenvalue weighted by atomic mass is 9.89. The molecular weight excluding hydrogens is 430 g/mol. The van der Waals surface area contributed by atoms with Crippen LogP contribution in [0.15, 0.2) is 47.4 Å². The number of hydrogen-bond donors (Lipinski definition) is 1. The zero-order chi connectivity index (χ0) is 23.7. The van der Waals surface area contributed by atoms with Crippen molar-refractivity contribution >= 4 is 10.8 Å². The van der Waals surface area contributed by atoms with Crippen molar-refractivity contribution < 1.29 is 14.2 Å². The maximum absolute atomic E-state index is 12.6. The maximum Gasteiger partial charge on any atom is 0.258 e. The summed E-state index contributed by atoms with van der Waals surface area (Å²) >= 11 is 0. The Morgan fingerprint density at radius 2 is 1.74 bits per heavy atom. The van der Waals surface area contributed by atoms with Gasteiger partial charge in [0.2, 0.25) is 0 Å². The van der Waals surface area contributed by atoms with Crippen molar-refractivity contribution in [2.45, 2.75) is 25.0 Å². The van der Waals surface area contributed by atoms with Gasteiger partial charge in [0, 0.05) is 56.9 Å². The zero-order valence-corrected chi connectivity index (χ0v) is 20.2. The maximum atomic E-state index is 12.6. The predicted octanol–water partition coefficient (Wildman–Crippen LogP) is 3.18. The highest BCUT2D eigenvalue weighted by Gasteiger charge is 2.37. The van der Waals surface area contributed by atoms with E-state index in [1.807, 2.05) is 30.5 Å². The summed E-state index contributed by atoms with van der Waals surface area (Å²) in [5, 5.41) is 5.10. The normalized spacial score (nSPS) is 18.3. The summed E-state index contributed by atoms with van der Waals surface area (Å²) in [5.74, 6) is 1.59. The van der Waals surface area contributed by atoms with Crippen LogP contribution in [0.25, 0.3) is 21.9 Å². The molecule has 2 aromatic carbocycles. The summed E-state index contributed by atoms with van der Waals surface area (Å²) in [6.45, 7) is 5.38. The van der Waals surface area contributed by atoms with E-state index in [0.717, 1.165) is 85.7 Å². The van der Waals surface area contributed by atoms with Crippen molar-refractivity contribution in [1.29, 1.82) is 0 Å². The number of pyridine rings is 1. The second kappa shape index (κ2) is 9.41. The van der Waals surface area contributed by atoms with Gasteiger partial charge in [-0.2, -0.15) is 0 Å². The summed E-state index contributed by atoms with van der Waals surface area (Å²) in [6.07, 6.45) is 3.93. The minimum absolute atomic E-state index is 0.00471. The smallest absolute Gasteiger partial charge is 0.258 e. The van der Waals surface area contributed by atoms with Gasteiger partial charge in [-0.1, -0.05) is 18.2 Å². The van der Waals surface area contributed by atoms with Crippen molar-refractivity contribution in [2.24, 2.45) is 7.05 Å². The molecule has 7 nitrogen and oxygen atoms in total. The van der Waals surface area contributed by atoms with Crippen LogP contribution >= 0.6 is 0 Å². The predicted molar refractivity (Wildman–Crippen MR) is 134 cm³/mol. The zero-order valence-electron chi connectivity index (χ0n) is 20.2. The van der Waals surface area contributed by atoms with Crippen LogP contribution in [0.4, 0.5) is 0 Å². The molecule has 2 aliphatic heterocycles. The monoisotopic (exact) mass is 463 g/mol. The summed E-state index contributed by atoms with van der Waals surface area (Å²) in [4.78, 5) is 15.1. The third kappa shape index (κ3) is 4.19. The number of fused-ring (bicyclic) bond motifs is 1. The van der Waals surface area contributed by atoms with Crippen LogP contribution in [0, 0.1) is 0 Å². The van der Waals surface area contributed by atoms with E-state index >= 15 is 0 Å². The molecule has 5 rings (SSSR count). The van der Waals surface area contributed by atoms with Crippen LogP contribution < -0.4 is 20.3 Å². The average molecular weight is 464 g/mol. The number of likely N-dealkylation sites (tertiary alicyclic amines) is 1. The number of rotatable bonds is 5.